The lowest BCUT2D eigenvalue weighted by Crippen LogP contribution is -2.35. The number of rotatable bonds is 5. The normalized spacial score (nSPS) is 10.3. The highest BCUT2D eigenvalue weighted by Crippen LogP contribution is 2.27. The number of anilines is 1. The molecule has 0 radical (unpaired) electrons. The molecule has 0 saturated carbocycles. The fraction of sp³-hybridized carbons (Fsp3) is 0.176. The maximum absolute atomic E-state index is 13.2. The number of ether oxygens (including phenoxy) is 1. The summed E-state index contributed by atoms with van der Waals surface area (Å²) in [5.74, 6) is -2.89. The van der Waals surface area contributed by atoms with E-state index in [0.717, 1.165) is 23.1 Å². The number of nitrogens with one attached hydrogen (secondary N) is 1. The molecule has 8 heteroatoms. The molecule has 0 spiro atoms. The van der Waals surface area contributed by atoms with E-state index in [-0.39, 0.29) is 12.1 Å². The lowest BCUT2D eigenvalue weighted by atomic mass is 10.2. The van der Waals surface area contributed by atoms with Crippen LogP contribution in [0.2, 0.25) is 5.02 Å². The van der Waals surface area contributed by atoms with Crippen LogP contribution in [-0.2, 0) is 4.79 Å². The van der Waals surface area contributed by atoms with Gasteiger partial charge >= 0.3 is 0 Å². The summed E-state index contributed by atoms with van der Waals surface area (Å²) in [6, 6.07) is 7.49. The first-order chi connectivity index (χ1) is 11.8. The van der Waals surface area contributed by atoms with Crippen LogP contribution in [0.1, 0.15) is 10.4 Å². The molecule has 0 fully saturated rings. The van der Waals surface area contributed by atoms with Crippen LogP contribution in [0.15, 0.2) is 36.4 Å². The Morgan fingerprint density at radius 2 is 1.88 bits per heavy atom. The van der Waals surface area contributed by atoms with Crippen molar-refractivity contribution in [3.8, 4) is 5.75 Å². The highest BCUT2D eigenvalue weighted by molar-refractivity contribution is 6.31. The van der Waals surface area contributed by atoms with Crippen molar-refractivity contribution >= 4 is 29.1 Å². The average Bonchev–Trinajstić information content (AvgIpc) is 2.56. The number of carbonyl (C=O) groups is 2. The Bertz CT molecular complexity index is 814. The van der Waals surface area contributed by atoms with Gasteiger partial charge in [0, 0.05) is 17.6 Å². The van der Waals surface area contributed by atoms with Gasteiger partial charge in [0.25, 0.3) is 5.91 Å². The number of nitrogens with zero attached hydrogens (tertiary/aromatic N) is 1. The number of hydrogen-bond donors (Lipinski definition) is 1. The second kappa shape index (κ2) is 7.94. The molecule has 0 bridgehead atoms. The molecule has 0 saturated heterocycles. The predicted molar refractivity (Wildman–Crippen MR) is 90.0 cm³/mol. The third kappa shape index (κ3) is 4.67. The average molecular weight is 369 g/mol. The Morgan fingerprint density at radius 1 is 1.16 bits per heavy atom. The van der Waals surface area contributed by atoms with Crippen molar-refractivity contribution in [1.29, 1.82) is 0 Å². The van der Waals surface area contributed by atoms with Crippen LogP contribution >= 0.6 is 11.6 Å². The number of carbonyl (C=O) groups excluding carboxylic acids is 2. The van der Waals surface area contributed by atoms with Gasteiger partial charge in [0.1, 0.15) is 5.75 Å². The number of methoxy groups -OCH3 is 1. The predicted octanol–water partition coefficient (Wildman–Crippen LogP) is 3.34. The molecule has 0 aliphatic rings. The summed E-state index contributed by atoms with van der Waals surface area (Å²) in [6.07, 6.45) is 0. The first kappa shape index (κ1) is 18.7. The fourth-order valence-corrected chi connectivity index (χ4v) is 2.28. The molecular weight excluding hydrogens is 354 g/mol. The Kier molecular flexibility index (Phi) is 5.93. The first-order valence-corrected chi connectivity index (χ1v) is 7.53. The largest absolute Gasteiger partial charge is 0.495 e. The molecular formula is C17H15ClF2N2O3. The van der Waals surface area contributed by atoms with Crippen molar-refractivity contribution < 1.29 is 23.1 Å². The molecule has 132 valence electrons. The van der Waals surface area contributed by atoms with Gasteiger partial charge in [-0.2, -0.15) is 0 Å². The van der Waals surface area contributed by atoms with Crippen molar-refractivity contribution in [2.75, 3.05) is 26.0 Å². The highest BCUT2D eigenvalue weighted by Gasteiger charge is 2.17. The van der Waals surface area contributed by atoms with Gasteiger partial charge < -0.3 is 15.0 Å². The van der Waals surface area contributed by atoms with Crippen LogP contribution in [0.4, 0.5) is 14.5 Å². The van der Waals surface area contributed by atoms with Crippen LogP contribution in [0.25, 0.3) is 0 Å². The monoisotopic (exact) mass is 368 g/mol. The van der Waals surface area contributed by atoms with Crippen LogP contribution in [-0.4, -0.2) is 37.4 Å². The smallest absolute Gasteiger partial charge is 0.254 e. The minimum Gasteiger partial charge on any atom is -0.495 e. The van der Waals surface area contributed by atoms with E-state index in [1.54, 1.807) is 12.1 Å². The van der Waals surface area contributed by atoms with E-state index in [4.69, 9.17) is 16.3 Å². The number of halogens is 3. The quantitative estimate of drug-likeness (QED) is 0.880. The van der Waals surface area contributed by atoms with E-state index in [9.17, 15) is 18.4 Å². The number of likely N-dealkylation sites (N-methyl/N-ethyl adjacent to an activating group) is 1. The number of hydrogen-bond acceptors (Lipinski definition) is 3. The van der Waals surface area contributed by atoms with Gasteiger partial charge in [-0.25, -0.2) is 8.78 Å². The van der Waals surface area contributed by atoms with Crippen molar-refractivity contribution in [3.05, 3.63) is 58.6 Å². The van der Waals surface area contributed by atoms with Crippen molar-refractivity contribution in [1.82, 2.24) is 4.90 Å². The molecule has 0 unspecified atom stereocenters. The van der Waals surface area contributed by atoms with E-state index in [2.05, 4.69) is 5.32 Å². The third-order valence-corrected chi connectivity index (χ3v) is 3.56. The molecule has 0 aliphatic carbocycles. The molecule has 0 heterocycles. The van der Waals surface area contributed by atoms with E-state index in [1.807, 2.05) is 0 Å². The van der Waals surface area contributed by atoms with E-state index >= 15 is 0 Å². The maximum Gasteiger partial charge on any atom is 0.254 e. The Hall–Kier alpha value is -2.67. The molecule has 2 rings (SSSR count). The molecule has 2 amide bonds. The SMILES string of the molecule is COc1ccc(Cl)cc1NC(=O)CN(C)C(=O)c1ccc(F)c(F)c1. The Labute approximate surface area is 148 Å². The molecule has 2 aromatic rings. The summed E-state index contributed by atoms with van der Waals surface area (Å²) in [4.78, 5) is 25.4. The number of benzene rings is 2. The summed E-state index contributed by atoms with van der Waals surface area (Å²) in [6.45, 7) is -0.298. The lowest BCUT2D eigenvalue weighted by molar-refractivity contribution is -0.116. The van der Waals surface area contributed by atoms with Crippen LogP contribution < -0.4 is 10.1 Å². The van der Waals surface area contributed by atoms with Crippen LogP contribution in [0.3, 0.4) is 0 Å². The zero-order valence-corrected chi connectivity index (χ0v) is 14.2. The van der Waals surface area contributed by atoms with Gasteiger partial charge in [0.2, 0.25) is 5.91 Å². The van der Waals surface area contributed by atoms with Gasteiger partial charge in [-0.3, -0.25) is 9.59 Å². The third-order valence-electron chi connectivity index (χ3n) is 3.33. The van der Waals surface area contributed by atoms with Gasteiger partial charge in [-0.15, -0.1) is 0 Å². The summed E-state index contributed by atoms with van der Waals surface area (Å²) in [7, 11) is 2.82. The summed E-state index contributed by atoms with van der Waals surface area (Å²) < 4.78 is 31.3. The Balaban J connectivity index is 2.05. The zero-order valence-electron chi connectivity index (χ0n) is 13.5. The second-order valence-electron chi connectivity index (χ2n) is 5.18. The summed E-state index contributed by atoms with van der Waals surface area (Å²) >= 11 is 5.88. The minimum atomic E-state index is -1.13. The second-order valence-corrected chi connectivity index (χ2v) is 5.62. The molecule has 2 aromatic carbocycles. The van der Waals surface area contributed by atoms with E-state index < -0.39 is 23.4 Å². The molecule has 0 atom stereocenters. The van der Waals surface area contributed by atoms with Gasteiger partial charge in [-0.05, 0) is 36.4 Å². The van der Waals surface area contributed by atoms with Gasteiger partial charge in [0.05, 0.1) is 19.3 Å². The first-order valence-electron chi connectivity index (χ1n) is 7.15. The summed E-state index contributed by atoms with van der Waals surface area (Å²) in [5, 5.41) is 2.99. The van der Waals surface area contributed by atoms with Crippen LogP contribution in [0, 0.1) is 11.6 Å². The molecule has 5 nitrogen and oxygen atoms in total. The summed E-state index contributed by atoms with van der Waals surface area (Å²) in [5.41, 5.74) is 0.295. The molecule has 0 aliphatic heterocycles. The van der Waals surface area contributed by atoms with Crippen molar-refractivity contribution in [2.24, 2.45) is 0 Å². The van der Waals surface area contributed by atoms with E-state index in [1.165, 1.54) is 20.2 Å². The standard InChI is InChI=1S/C17H15ClF2N2O3/c1-22(17(24)10-3-5-12(19)13(20)7-10)9-16(23)21-14-8-11(18)4-6-15(14)25-2/h3-8H,9H2,1-2H3,(H,21,23). The van der Waals surface area contributed by atoms with Crippen molar-refractivity contribution in [2.45, 2.75) is 0 Å². The van der Waals surface area contributed by atoms with Gasteiger partial charge in [-0.1, -0.05) is 11.6 Å². The molecule has 25 heavy (non-hydrogen) atoms. The van der Waals surface area contributed by atoms with Gasteiger partial charge in [0.15, 0.2) is 11.6 Å². The topological polar surface area (TPSA) is 58.6 Å². The highest BCUT2D eigenvalue weighted by atomic mass is 35.5. The number of amides is 2. The van der Waals surface area contributed by atoms with Crippen molar-refractivity contribution in [3.63, 3.8) is 0 Å². The molecule has 0 aromatic heterocycles. The lowest BCUT2D eigenvalue weighted by Gasteiger charge is -2.18. The Morgan fingerprint density at radius 3 is 2.52 bits per heavy atom. The fourth-order valence-electron chi connectivity index (χ4n) is 2.10. The van der Waals surface area contributed by atoms with Crippen LogP contribution in [0.5, 0.6) is 5.75 Å². The zero-order chi connectivity index (χ0) is 18.6. The molecule has 1 N–H and O–H groups in total. The maximum atomic E-state index is 13.2. The van der Waals surface area contributed by atoms with E-state index in [0.29, 0.717) is 16.5 Å². The minimum absolute atomic E-state index is 0.0606.